The SMILES string of the molecule is CC(C)(C)c1cc(C(CC(=O)ONCCNOC(=O)CC(c2ccc(O)c(C(C)(C)C)c2)C(C)(C)C)C(C)(C)C)ccc1O. The van der Waals surface area contributed by atoms with Crippen molar-refractivity contribution in [3.63, 3.8) is 0 Å². The van der Waals surface area contributed by atoms with Gasteiger partial charge < -0.3 is 19.9 Å². The van der Waals surface area contributed by atoms with Gasteiger partial charge in [-0.25, -0.2) is 0 Å². The van der Waals surface area contributed by atoms with E-state index < -0.39 is 11.9 Å². The Bertz CT molecular complexity index is 1180. The molecule has 0 aliphatic rings. The molecule has 0 aliphatic carbocycles. The Morgan fingerprint density at radius 3 is 1.20 bits per heavy atom. The third kappa shape index (κ3) is 10.8. The summed E-state index contributed by atoms with van der Waals surface area (Å²) >= 11 is 0. The van der Waals surface area contributed by atoms with E-state index in [9.17, 15) is 19.8 Å². The van der Waals surface area contributed by atoms with Crippen molar-refractivity contribution >= 4 is 11.9 Å². The summed E-state index contributed by atoms with van der Waals surface area (Å²) in [4.78, 5) is 36.1. The van der Waals surface area contributed by atoms with Gasteiger partial charge in [0.1, 0.15) is 11.5 Å². The Labute approximate surface area is 264 Å². The summed E-state index contributed by atoms with van der Waals surface area (Å²) in [7, 11) is 0. The Hall–Kier alpha value is -3.10. The highest BCUT2D eigenvalue weighted by molar-refractivity contribution is 5.71. The van der Waals surface area contributed by atoms with Crippen molar-refractivity contribution in [1.29, 1.82) is 0 Å². The van der Waals surface area contributed by atoms with E-state index in [0.717, 1.165) is 22.3 Å². The summed E-state index contributed by atoms with van der Waals surface area (Å²) in [6.07, 6.45) is 0.325. The summed E-state index contributed by atoms with van der Waals surface area (Å²) in [6, 6.07) is 11.1. The molecule has 0 aliphatic heterocycles. The van der Waals surface area contributed by atoms with E-state index in [1.807, 2.05) is 65.8 Å². The molecule has 0 saturated carbocycles. The van der Waals surface area contributed by atoms with Crippen LogP contribution in [0.5, 0.6) is 11.5 Å². The molecule has 0 spiro atoms. The second-order valence-corrected chi connectivity index (χ2v) is 16.0. The molecule has 2 aromatic rings. The molecular weight excluding hydrogens is 556 g/mol. The van der Waals surface area contributed by atoms with Crippen LogP contribution in [0.3, 0.4) is 0 Å². The quantitative estimate of drug-likeness (QED) is 0.152. The lowest BCUT2D eigenvalue weighted by molar-refractivity contribution is -0.155. The molecule has 0 heterocycles. The third-order valence-electron chi connectivity index (χ3n) is 8.00. The number of phenolic OH excluding ortho intramolecular Hbond substituents is 2. The molecule has 0 fully saturated rings. The van der Waals surface area contributed by atoms with Crippen molar-refractivity contribution in [1.82, 2.24) is 11.0 Å². The maximum absolute atomic E-state index is 12.8. The van der Waals surface area contributed by atoms with E-state index in [4.69, 9.17) is 9.68 Å². The Balaban J connectivity index is 1.90. The van der Waals surface area contributed by atoms with Gasteiger partial charge in [0.05, 0.1) is 12.8 Å². The summed E-state index contributed by atoms with van der Waals surface area (Å²) in [6.45, 7) is 25.2. The van der Waals surface area contributed by atoms with Crippen LogP contribution in [0.1, 0.15) is 130 Å². The Morgan fingerprint density at radius 1 is 0.614 bits per heavy atom. The van der Waals surface area contributed by atoms with Crippen LogP contribution < -0.4 is 11.0 Å². The first-order valence-electron chi connectivity index (χ1n) is 15.5. The maximum atomic E-state index is 12.8. The van der Waals surface area contributed by atoms with Gasteiger partial charge >= 0.3 is 11.9 Å². The first-order chi connectivity index (χ1) is 20.0. The van der Waals surface area contributed by atoms with Crippen molar-refractivity contribution in [2.45, 2.75) is 119 Å². The first kappa shape index (κ1) is 37.1. The molecule has 0 amide bonds. The number of phenols is 2. The van der Waals surface area contributed by atoms with Crippen molar-refractivity contribution < 1.29 is 29.5 Å². The van der Waals surface area contributed by atoms with Gasteiger partial charge in [-0.15, -0.1) is 0 Å². The number of nitrogens with one attached hydrogen (secondary N) is 2. The highest BCUT2D eigenvalue weighted by Gasteiger charge is 2.32. The first-order valence-corrected chi connectivity index (χ1v) is 15.5. The molecule has 4 N–H and O–H groups in total. The van der Waals surface area contributed by atoms with Crippen LogP contribution in [0.2, 0.25) is 0 Å². The lowest BCUT2D eigenvalue weighted by Crippen LogP contribution is -2.33. The topological polar surface area (TPSA) is 117 Å². The lowest BCUT2D eigenvalue weighted by Gasteiger charge is -2.32. The minimum absolute atomic E-state index is 0.124. The monoisotopic (exact) mass is 612 g/mol. The third-order valence-corrected chi connectivity index (χ3v) is 8.00. The van der Waals surface area contributed by atoms with Gasteiger partial charge in [-0.1, -0.05) is 107 Å². The standard InChI is InChI=1S/C36H56N2O6/c1-33(2,3)25(23-13-15-29(39)27(19-23)35(7,8)9)21-31(41)43-37-17-18-38-44-32(42)22-26(34(4,5)6)24-14-16-30(40)28(20-24)36(10,11)12/h13-16,19-20,25-26,37-40H,17-18,21-22H2,1-12H3. The van der Waals surface area contributed by atoms with Crippen molar-refractivity contribution in [3.8, 4) is 11.5 Å². The van der Waals surface area contributed by atoms with Gasteiger partial charge in [-0.2, -0.15) is 11.0 Å². The molecule has 8 heteroatoms. The molecule has 44 heavy (non-hydrogen) atoms. The number of hydrogen-bond donors (Lipinski definition) is 4. The van der Waals surface area contributed by atoms with Crippen LogP contribution in [0.4, 0.5) is 0 Å². The van der Waals surface area contributed by atoms with Crippen LogP contribution in [0, 0.1) is 10.8 Å². The van der Waals surface area contributed by atoms with Crippen LogP contribution in [0.15, 0.2) is 36.4 Å². The fourth-order valence-electron chi connectivity index (χ4n) is 5.37. The van der Waals surface area contributed by atoms with E-state index in [0.29, 0.717) is 0 Å². The minimum Gasteiger partial charge on any atom is -0.508 e. The molecule has 2 atom stereocenters. The summed E-state index contributed by atoms with van der Waals surface area (Å²) < 4.78 is 0. The van der Waals surface area contributed by atoms with Gasteiger partial charge in [0.25, 0.3) is 0 Å². The van der Waals surface area contributed by atoms with Crippen LogP contribution in [-0.4, -0.2) is 35.2 Å². The van der Waals surface area contributed by atoms with Gasteiger partial charge in [0.15, 0.2) is 0 Å². The van der Waals surface area contributed by atoms with Crippen molar-refractivity contribution in [2.75, 3.05) is 13.1 Å². The molecule has 2 unspecified atom stereocenters. The summed E-state index contributed by atoms with van der Waals surface area (Å²) in [5, 5.41) is 20.8. The number of rotatable bonds is 11. The van der Waals surface area contributed by atoms with E-state index in [2.05, 4.69) is 52.5 Å². The second kappa shape index (κ2) is 14.3. The van der Waals surface area contributed by atoms with Gasteiger partial charge in [-0.3, -0.25) is 9.59 Å². The average molecular weight is 613 g/mol. The zero-order chi connectivity index (χ0) is 33.7. The molecule has 2 rings (SSSR count). The number of hydroxylamine groups is 2. The Kier molecular flexibility index (Phi) is 12.1. The fraction of sp³-hybridized carbons (Fsp3) is 0.611. The molecule has 0 aromatic heterocycles. The van der Waals surface area contributed by atoms with Crippen molar-refractivity contribution in [3.05, 3.63) is 58.7 Å². The van der Waals surface area contributed by atoms with E-state index in [1.54, 1.807) is 12.1 Å². The van der Waals surface area contributed by atoms with Gasteiger partial charge in [0, 0.05) is 13.1 Å². The normalized spacial score (nSPS) is 14.2. The highest BCUT2D eigenvalue weighted by Crippen LogP contribution is 2.42. The molecule has 8 nitrogen and oxygen atoms in total. The van der Waals surface area contributed by atoms with Crippen LogP contribution in [-0.2, 0) is 30.1 Å². The molecule has 0 saturated heterocycles. The molecule has 0 radical (unpaired) electrons. The average Bonchev–Trinajstić information content (AvgIpc) is 2.86. The summed E-state index contributed by atoms with van der Waals surface area (Å²) in [5.74, 6) is -0.555. The molecule has 0 bridgehead atoms. The number of benzene rings is 2. The molecule has 2 aromatic carbocycles. The van der Waals surface area contributed by atoms with Gasteiger partial charge in [0.2, 0.25) is 0 Å². The Morgan fingerprint density at radius 2 is 0.932 bits per heavy atom. The molecular formula is C36H56N2O6. The second-order valence-electron chi connectivity index (χ2n) is 16.0. The number of carbonyl (C=O) groups is 2. The number of aromatic hydroxyl groups is 2. The fourth-order valence-corrected chi connectivity index (χ4v) is 5.37. The highest BCUT2D eigenvalue weighted by atomic mass is 16.7. The van der Waals surface area contributed by atoms with Crippen LogP contribution in [0.25, 0.3) is 0 Å². The number of hydrogen-bond acceptors (Lipinski definition) is 8. The predicted octanol–water partition coefficient (Wildman–Crippen LogP) is 7.53. The predicted molar refractivity (Wildman–Crippen MR) is 175 cm³/mol. The lowest BCUT2D eigenvalue weighted by atomic mass is 9.73. The smallest absolute Gasteiger partial charge is 0.325 e. The van der Waals surface area contributed by atoms with Crippen molar-refractivity contribution in [2.24, 2.45) is 10.8 Å². The minimum atomic E-state index is -0.399. The van der Waals surface area contributed by atoms with E-state index in [-0.39, 0.29) is 70.9 Å². The summed E-state index contributed by atoms with van der Waals surface area (Å²) in [5.41, 5.74) is 8.02. The molecule has 246 valence electrons. The van der Waals surface area contributed by atoms with E-state index in [1.165, 1.54) is 0 Å². The van der Waals surface area contributed by atoms with E-state index >= 15 is 0 Å². The van der Waals surface area contributed by atoms with Crippen LogP contribution >= 0.6 is 0 Å². The largest absolute Gasteiger partial charge is 0.508 e. The zero-order valence-electron chi connectivity index (χ0n) is 29.0. The maximum Gasteiger partial charge on any atom is 0.325 e. The number of carbonyl (C=O) groups excluding carboxylic acids is 2. The zero-order valence-corrected chi connectivity index (χ0v) is 29.0. The van der Waals surface area contributed by atoms with Gasteiger partial charge in [-0.05, 0) is 67.9 Å².